The Hall–Kier alpha value is -1.82. The van der Waals surface area contributed by atoms with Gasteiger partial charge in [-0.3, -0.25) is 4.57 Å². The molecule has 33 heavy (non-hydrogen) atoms. The number of phenols is 1. The molecule has 0 amide bonds. The summed E-state index contributed by atoms with van der Waals surface area (Å²) in [5.41, 5.74) is 5.72. The molecule has 0 saturated heterocycles. The summed E-state index contributed by atoms with van der Waals surface area (Å²) in [6.07, 6.45) is -1.81. The minimum absolute atomic E-state index is 0.115. The van der Waals surface area contributed by atoms with E-state index in [-0.39, 0.29) is 23.7 Å². The molecular formula is C21H31N2O8PS. The molecule has 0 aliphatic rings. The van der Waals surface area contributed by atoms with Crippen molar-refractivity contribution < 1.29 is 37.7 Å². The lowest BCUT2D eigenvalue weighted by Gasteiger charge is -2.34. The first-order valence-corrected chi connectivity index (χ1v) is 13.4. The molecule has 0 bridgehead atoms. The molecule has 0 heterocycles. The van der Waals surface area contributed by atoms with Crippen molar-refractivity contribution in [2.75, 3.05) is 19.4 Å². The fourth-order valence-corrected chi connectivity index (χ4v) is 5.24. The number of benzene rings is 2. The maximum absolute atomic E-state index is 13.3. The van der Waals surface area contributed by atoms with Crippen LogP contribution >= 0.6 is 7.60 Å². The van der Waals surface area contributed by atoms with E-state index in [4.69, 9.17) is 20.3 Å². The van der Waals surface area contributed by atoms with Crippen molar-refractivity contribution in [3.05, 3.63) is 60.2 Å². The summed E-state index contributed by atoms with van der Waals surface area (Å²) in [4.78, 5) is 18.1. The van der Waals surface area contributed by atoms with Crippen LogP contribution in [0.5, 0.6) is 5.75 Å². The van der Waals surface area contributed by atoms with E-state index in [2.05, 4.69) is 0 Å². The average molecular weight is 503 g/mol. The van der Waals surface area contributed by atoms with Crippen molar-refractivity contribution in [1.29, 1.82) is 0 Å². The third kappa shape index (κ3) is 8.80. The number of aliphatic hydroxyl groups excluding tert-OH is 1. The molecule has 0 aliphatic carbocycles. The Bertz CT molecular complexity index is 1040. The molecule has 0 radical (unpaired) electrons. The van der Waals surface area contributed by atoms with Crippen LogP contribution < -0.4 is 5.73 Å². The summed E-state index contributed by atoms with van der Waals surface area (Å²) in [5.74, 6) is -0.115. The minimum atomic E-state index is -4.48. The fourth-order valence-electron chi connectivity index (χ4n) is 3.11. The van der Waals surface area contributed by atoms with Gasteiger partial charge in [0.2, 0.25) is 10.0 Å². The van der Waals surface area contributed by atoms with Crippen molar-refractivity contribution in [2.45, 2.75) is 42.9 Å². The van der Waals surface area contributed by atoms with Crippen LogP contribution in [0.1, 0.15) is 19.4 Å². The van der Waals surface area contributed by atoms with Crippen molar-refractivity contribution in [3.8, 4) is 5.75 Å². The van der Waals surface area contributed by atoms with Crippen molar-refractivity contribution in [1.82, 2.24) is 4.31 Å². The van der Waals surface area contributed by atoms with E-state index in [0.717, 1.165) is 9.87 Å². The van der Waals surface area contributed by atoms with Crippen LogP contribution in [0, 0.1) is 0 Å². The van der Waals surface area contributed by atoms with Crippen LogP contribution in [0.4, 0.5) is 0 Å². The van der Waals surface area contributed by atoms with Crippen molar-refractivity contribution in [2.24, 2.45) is 5.73 Å². The van der Waals surface area contributed by atoms with Crippen LogP contribution in [0.3, 0.4) is 0 Å². The average Bonchev–Trinajstić information content (AvgIpc) is 2.72. The number of aromatic hydroxyl groups is 1. The number of aliphatic hydroxyl groups is 1. The quantitative estimate of drug-likeness (QED) is 0.268. The molecule has 2 atom stereocenters. The molecule has 184 valence electrons. The molecule has 10 nitrogen and oxygen atoms in total. The summed E-state index contributed by atoms with van der Waals surface area (Å²) in [7, 11) is -8.65. The van der Waals surface area contributed by atoms with E-state index < -0.39 is 41.7 Å². The van der Waals surface area contributed by atoms with Crippen LogP contribution in [-0.2, 0) is 25.7 Å². The zero-order chi connectivity index (χ0) is 24.9. The summed E-state index contributed by atoms with van der Waals surface area (Å²) < 4.78 is 44.1. The highest BCUT2D eigenvalue weighted by molar-refractivity contribution is 7.89. The number of sulfonamides is 1. The van der Waals surface area contributed by atoms with Gasteiger partial charge in [-0.05, 0) is 50.1 Å². The van der Waals surface area contributed by atoms with Gasteiger partial charge >= 0.3 is 7.60 Å². The van der Waals surface area contributed by atoms with Gasteiger partial charge in [-0.1, -0.05) is 30.3 Å². The maximum Gasteiger partial charge on any atom is 0.351 e. The largest absolute Gasteiger partial charge is 0.508 e. The Morgan fingerprint density at radius 3 is 2.21 bits per heavy atom. The molecule has 2 aromatic rings. The molecule has 0 spiro atoms. The summed E-state index contributed by atoms with van der Waals surface area (Å²) in [5, 5.41) is 20.2. The second-order valence-corrected chi connectivity index (χ2v) is 11.9. The van der Waals surface area contributed by atoms with E-state index >= 15 is 0 Å². The highest BCUT2D eigenvalue weighted by Gasteiger charge is 2.35. The molecule has 0 fully saturated rings. The zero-order valence-electron chi connectivity index (χ0n) is 18.5. The molecule has 6 N–H and O–H groups in total. The van der Waals surface area contributed by atoms with Crippen LogP contribution in [0.25, 0.3) is 0 Å². The topological polar surface area (TPSA) is 171 Å². The maximum atomic E-state index is 13.3. The predicted octanol–water partition coefficient (Wildman–Crippen LogP) is 1.24. The molecule has 0 aliphatic heterocycles. The van der Waals surface area contributed by atoms with Crippen molar-refractivity contribution >= 4 is 17.6 Å². The van der Waals surface area contributed by atoms with Gasteiger partial charge in [0, 0.05) is 19.1 Å². The SMILES string of the molecule is CC(C)(CN(CC(O)C(N)Cc1ccccc1)S(=O)(=O)c1ccc(O)cc1)OCP(=O)(O)O. The molecule has 2 aromatic carbocycles. The molecule has 0 aromatic heterocycles. The number of hydrogen-bond donors (Lipinski definition) is 5. The highest BCUT2D eigenvalue weighted by atomic mass is 32.2. The third-order valence-corrected chi connectivity index (χ3v) is 7.15. The second kappa shape index (κ2) is 11.1. The number of rotatable bonds is 12. The Labute approximate surface area is 193 Å². The Balaban J connectivity index is 2.27. The number of phenolic OH excluding ortho intramolecular Hbond substituents is 1. The first-order valence-electron chi connectivity index (χ1n) is 10.1. The normalized spacial score (nSPS) is 14.9. The first-order chi connectivity index (χ1) is 15.2. The zero-order valence-corrected chi connectivity index (χ0v) is 20.2. The highest BCUT2D eigenvalue weighted by Crippen LogP contribution is 2.36. The van der Waals surface area contributed by atoms with E-state index in [9.17, 15) is 23.2 Å². The van der Waals surface area contributed by atoms with E-state index in [1.807, 2.05) is 30.3 Å². The minimum Gasteiger partial charge on any atom is -0.508 e. The standard InChI is InChI=1S/C21H31N2O8PS/c1-21(2,31-15-32(26,27)28)14-23(33(29,30)18-10-8-17(24)9-11-18)13-20(25)19(22)12-16-6-4-3-5-7-16/h3-11,19-20,24-25H,12-15,22H2,1-2H3,(H2,26,27,28). The number of nitrogens with zero attached hydrogens (tertiary/aromatic N) is 1. The second-order valence-electron chi connectivity index (χ2n) is 8.41. The molecule has 12 heteroatoms. The Morgan fingerprint density at radius 2 is 1.67 bits per heavy atom. The third-order valence-electron chi connectivity index (χ3n) is 4.85. The Kier molecular flexibility index (Phi) is 9.20. The van der Waals surface area contributed by atoms with Gasteiger partial charge in [-0.2, -0.15) is 4.31 Å². The lowest BCUT2D eigenvalue weighted by atomic mass is 10.0. The lowest BCUT2D eigenvalue weighted by molar-refractivity contribution is -0.0159. The van der Waals surface area contributed by atoms with E-state index in [1.54, 1.807) is 0 Å². The summed E-state index contributed by atoms with van der Waals surface area (Å²) in [6, 6.07) is 13.3. The molecular weight excluding hydrogens is 471 g/mol. The van der Waals surface area contributed by atoms with Gasteiger partial charge in [0.15, 0.2) is 0 Å². The summed E-state index contributed by atoms with van der Waals surface area (Å²) in [6.45, 7) is 2.28. The Morgan fingerprint density at radius 1 is 1.09 bits per heavy atom. The fraction of sp³-hybridized carbons (Fsp3) is 0.429. The molecule has 2 rings (SSSR count). The summed E-state index contributed by atoms with van der Waals surface area (Å²) >= 11 is 0. The van der Waals surface area contributed by atoms with Gasteiger partial charge in [-0.15, -0.1) is 0 Å². The molecule has 2 unspecified atom stereocenters. The number of nitrogens with two attached hydrogens (primary N) is 1. The lowest BCUT2D eigenvalue weighted by Crippen LogP contribution is -2.50. The van der Waals surface area contributed by atoms with Crippen LogP contribution in [0.2, 0.25) is 0 Å². The van der Waals surface area contributed by atoms with E-state index in [0.29, 0.717) is 6.42 Å². The first kappa shape index (κ1) is 27.4. The van der Waals surface area contributed by atoms with Crippen molar-refractivity contribution in [3.63, 3.8) is 0 Å². The smallest absolute Gasteiger partial charge is 0.351 e. The molecule has 0 saturated carbocycles. The van der Waals surface area contributed by atoms with Gasteiger partial charge in [0.1, 0.15) is 12.1 Å². The van der Waals surface area contributed by atoms with Gasteiger partial charge < -0.3 is 30.5 Å². The van der Waals surface area contributed by atoms with Crippen LogP contribution in [0.15, 0.2) is 59.5 Å². The van der Waals surface area contributed by atoms with Gasteiger partial charge in [0.05, 0.1) is 16.6 Å². The van der Waals surface area contributed by atoms with Crippen LogP contribution in [-0.4, -0.2) is 69.9 Å². The van der Waals surface area contributed by atoms with E-state index in [1.165, 1.54) is 38.1 Å². The number of ether oxygens (including phenoxy) is 1. The predicted molar refractivity (Wildman–Crippen MR) is 123 cm³/mol. The monoisotopic (exact) mass is 502 g/mol. The number of hydrogen-bond acceptors (Lipinski definition) is 7. The van der Waals surface area contributed by atoms with Gasteiger partial charge in [0.25, 0.3) is 0 Å². The van der Waals surface area contributed by atoms with Gasteiger partial charge in [-0.25, -0.2) is 8.42 Å².